The number of nitrogens with zero attached hydrogens (tertiary/aromatic N) is 2. The Morgan fingerprint density at radius 3 is 2.44 bits per heavy atom. The van der Waals surface area contributed by atoms with Crippen molar-refractivity contribution >= 4 is 27.2 Å². The Hall–Kier alpha value is -3.54. The van der Waals surface area contributed by atoms with Crippen molar-refractivity contribution in [3.8, 4) is 17.0 Å². The van der Waals surface area contributed by atoms with E-state index in [1.165, 1.54) is 18.3 Å². The Morgan fingerprint density at radius 2 is 1.67 bits per heavy atom. The maximum atomic E-state index is 13.0. The molecule has 36 heavy (non-hydrogen) atoms. The topological polar surface area (TPSA) is 143 Å². The highest BCUT2D eigenvalue weighted by atomic mass is 32.2. The Morgan fingerprint density at radius 1 is 0.972 bits per heavy atom. The SMILES string of the molecule is CC1CCOCCOCCOc2ccccc2NC(=O)c2nc(cnc2N)-c2ccc(cc2)S1(=O)=O. The summed E-state index contributed by atoms with van der Waals surface area (Å²) in [5.41, 5.74) is 7.31. The van der Waals surface area contributed by atoms with E-state index in [2.05, 4.69) is 15.3 Å². The lowest BCUT2D eigenvalue weighted by Crippen LogP contribution is -2.21. The van der Waals surface area contributed by atoms with Crippen molar-refractivity contribution < 1.29 is 27.4 Å². The number of nitrogens with one attached hydrogen (secondary N) is 1. The highest BCUT2D eigenvalue weighted by molar-refractivity contribution is 7.92. The Bertz CT molecular complexity index is 1310. The van der Waals surface area contributed by atoms with Gasteiger partial charge in [-0.25, -0.2) is 18.4 Å². The number of hydrogen-bond acceptors (Lipinski definition) is 9. The van der Waals surface area contributed by atoms with Crippen molar-refractivity contribution in [3.63, 3.8) is 0 Å². The second-order valence-corrected chi connectivity index (χ2v) is 10.5. The third-order valence-corrected chi connectivity index (χ3v) is 7.91. The molecule has 190 valence electrons. The standard InChI is InChI=1S/C25H28N4O6S/c1-17-10-11-33-12-13-34-14-15-35-22-5-3-2-4-20(22)29-25(30)23-24(26)27-16-21(28-23)18-6-8-19(9-7-18)36(17,31)32/h2-9,16-17H,10-15H2,1H3,(H2,26,27)(H,29,30). The summed E-state index contributed by atoms with van der Waals surface area (Å²) in [5.74, 6) is -0.115. The number of amides is 1. The number of ether oxygens (including phenoxy) is 3. The van der Waals surface area contributed by atoms with Crippen molar-refractivity contribution in [1.82, 2.24) is 9.97 Å². The molecule has 2 aliphatic rings. The Balaban J connectivity index is 1.65. The molecule has 0 spiro atoms. The van der Waals surface area contributed by atoms with E-state index in [0.717, 1.165) is 0 Å². The number of nitrogens with two attached hydrogens (primary N) is 1. The molecule has 10 nitrogen and oxygen atoms in total. The van der Waals surface area contributed by atoms with E-state index < -0.39 is 21.0 Å². The van der Waals surface area contributed by atoms with Gasteiger partial charge in [-0.1, -0.05) is 24.3 Å². The first-order valence-electron chi connectivity index (χ1n) is 11.5. The van der Waals surface area contributed by atoms with Gasteiger partial charge in [0.05, 0.1) is 47.5 Å². The van der Waals surface area contributed by atoms with Gasteiger partial charge in [0.25, 0.3) is 5.91 Å². The molecule has 1 unspecified atom stereocenters. The van der Waals surface area contributed by atoms with Crippen molar-refractivity contribution in [2.45, 2.75) is 23.5 Å². The summed E-state index contributed by atoms with van der Waals surface area (Å²) < 4.78 is 42.8. The van der Waals surface area contributed by atoms with Crippen LogP contribution in [0, 0.1) is 0 Å². The van der Waals surface area contributed by atoms with Gasteiger partial charge in [-0.15, -0.1) is 0 Å². The maximum Gasteiger partial charge on any atom is 0.278 e. The van der Waals surface area contributed by atoms with Crippen LogP contribution in [0.1, 0.15) is 23.8 Å². The summed E-state index contributed by atoms with van der Waals surface area (Å²) >= 11 is 0. The number of rotatable bonds is 0. The summed E-state index contributed by atoms with van der Waals surface area (Å²) in [4.78, 5) is 21.7. The molecule has 11 heteroatoms. The van der Waals surface area contributed by atoms with Gasteiger partial charge >= 0.3 is 0 Å². The molecule has 4 bridgehead atoms. The number of benzene rings is 2. The van der Waals surface area contributed by atoms with Crippen LogP contribution < -0.4 is 15.8 Å². The van der Waals surface area contributed by atoms with Crippen molar-refractivity contribution in [2.75, 3.05) is 44.1 Å². The molecule has 3 aromatic rings. The van der Waals surface area contributed by atoms with Crippen LogP contribution in [0.2, 0.25) is 0 Å². The first-order chi connectivity index (χ1) is 17.4. The van der Waals surface area contributed by atoms with Crippen LogP contribution in [0.25, 0.3) is 11.3 Å². The number of anilines is 2. The number of carbonyl (C=O) groups is 1. The number of aromatic nitrogens is 2. The highest BCUT2D eigenvalue weighted by Crippen LogP contribution is 2.26. The minimum absolute atomic E-state index is 0.0345. The van der Waals surface area contributed by atoms with E-state index in [-0.39, 0.29) is 23.0 Å². The first kappa shape index (κ1) is 25.5. The quantitative estimate of drug-likeness (QED) is 0.435. The molecule has 0 radical (unpaired) electrons. The number of hydrogen-bond donors (Lipinski definition) is 2. The summed E-state index contributed by atoms with van der Waals surface area (Å²) in [6.45, 7) is 3.22. The first-order valence-corrected chi connectivity index (χ1v) is 13.1. The molecule has 2 aliphatic heterocycles. The lowest BCUT2D eigenvalue weighted by Gasteiger charge is -2.15. The predicted octanol–water partition coefficient (Wildman–Crippen LogP) is 2.96. The zero-order valence-corrected chi connectivity index (χ0v) is 20.7. The Kier molecular flexibility index (Phi) is 8.14. The van der Waals surface area contributed by atoms with Gasteiger partial charge in [0.1, 0.15) is 12.4 Å². The van der Waals surface area contributed by atoms with Crippen LogP contribution in [0.5, 0.6) is 5.75 Å². The molecule has 0 aliphatic carbocycles. The van der Waals surface area contributed by atoms with E-state index in [1.54, 1.807) is 43.3 Å². The molecular formula is C25H28N4O6S. The zero-order valence-electron chi connectivity index (χ0n) is 19.8. The van der Waals surface area contributed by atoms with Gasteiger partial charge < -0.3 is 25.3 Å². The fraction of sp³-hybridized carbons (Fsp3) is 0.320. The number of sulfone groups is 1. The van der Waals surface area contributed by atoms with Gasteiger partial charge in [-0.2, -0.15) is 0 Å². The summed E-state index contributed by atoms with van der Waals surface area (Å²) in [6, 6.07) is 13.3. The highest BCUT2D eigenvalue weighted by Gasteiger charge is 2.23. The van der Waals surface area contributed by atoms with E-state index in [1.807, 2.05) is 0 Å². The van der Waals surface area contributed by atoms with Crippen molar-refractivity contribution in [2.24, 2.45) is 0 Å². The second-order valence-electron chi connectivity index (χ2n) is 8.18. The van der Waals surface area contributed by atoms with Gasteiger partial charge in [0, 0.05) is 12.2 Å². The maximum absolute atomic E-state index is 13.0. The molecule has 0 saturated carbocycles. The molecular weight excluding hydrogens is 484 g/mol. The molecule has 3 N–H and O–H groups in total. The normalized spacial score (nSPS) is 19.1. The third-order valence-electron chi connectivity index (χ3n) is 5.69. The van der Waals surface area contributed by atoms with Crippen LogP contribution in [0.15, 0.2) is 59.6 Å². The van der Waals surface area contributed by atoms with Crippen LogP contribution in [0.4, 0.5) is 11.5 Å². The Labute approximate surface area is 209 Å². The average Bonchev–Trinajstić information content (AvgIpc) is 2.88. The molecule has 1 atom stereocenters. The monoisotopic (exact) mass is 512 g/mol. The van der Waals surface area contributed by atoms with E-state index in [4.69, 9.17) is 19.9 Å². The average molecular weight is 513 g/mol. The van der Waals surface area contributed by atoms with E-state index in [0.29, 0.717) is 55.5 Å². The zero-order chi connectivity index (χ0) is 25.5. The number of carbonyl (C=O) groups excluding carboxylic acids is 1. The van der Waals surface area contributed by atoms with Gasteiger partial charge in [-0.3, -0.25) is 4.79 Å². The minimum Gasteiger partial charge on any atom is -0.489 e. The lowest BCUT2D eigenvalue weighted by atomic mass is 10.1. The molecule has 5 rings (SSSR count). The molecule has 0 fully saturated rings. The summed E-state index contributed by atoms with van der Waals surface area (Å²) in [6.07, 6.45) is 1.79. The van der Waals surface area contributed by atoms with Crippen LogP contribution in [-0.2, 0) is 19.3 Å². The molecule has 0 saturated heterocycles. The summed E-state index contributed by atoms with van der Waals surface area (Å²) in [5, 5.41) is 2.15. The largest absolute Gasteiger partial charge is 0.489 e. The van der Waals surface area contributed by atoms with Gasteiger partial charge in [-0.05, 0) is 37.6 Å². The van der Waals surface area contributed by atoms with E-state index >= 15 is 0 Å². The van der Waals surface area contributed by atoms with E-state index in [9.17, 15) is 13.2 Å². The van der Waals surface area contributed by atoms with Crippen molar-refractivity contribution in [3.05, 3.63) is 60.4 Å². The van der Waals surface area contributed by atoms with Gasteiger partial charge in [0.2, 0.25) is 0 Å². The van der Waals surface area contributed by atoms with Crippen LogP contribution in [0.3, 0.4) is 0 Å². The number of fused-ring (bicyclic) bond motifs is 13. The smallest absolute Gasteiger partial charge is 0.278 e. The lowest BCUT2D eigenvalue weighted by molar-refractivity contribution is 0.0358. The minimum atomic E-state index is -3.54. The fourth-order valence-electron chi connectivity index (χ4n) is 3.57. The van der Waals surface area contributed by atoms with Crippen LogP contribution in [-0.4, -0.2) is 62.6 Å². The van der Waals surface area contributed by atoms with Gasteiger partial charge in [0.15, 0.2) is 21.3 Å². The third kappa shape index (κ3) is 5.99. The molecule has 3 heterocycles. The molecule has 1 aromatic heterocycles. The number of para-hydroxylation sites is 2. The summed E-state index contributed by atoms with van der Waals surface area (Å²) in [7, 11) is -3.54. The van der Waals surface area contributed by atoms with Crippen molar-refractivity contribution in [1.29, 1.82) is 0 Å². The predicted molar refractivity (Wildman–Crippen MR) is 135 cm³/mol. The number of nitrogen functional groups attached to an aromatic ring is 1. The fourth-order valence-corrected chi connectivity index (χ4v) is 4.95. The second kappa shape index (κ2) is 11.5. The van der Waals surface area contributed by atoms with Crippen LogP contribution >= 0.6 is 0 Å². The molecule has 1 amide bonds. The molecule has 2 aromatic carbocycles.